The van der Waals surface area contributed by atoms with E-state index >= 15 is 0 Å². The zero-order valence-corrected chi connectivity index (χ0v) is 15.0. The fourth-order valence-electron chi connectivity index (χ4n) is 3.84. The van der Waals surface area contributed by atoms with Crippen LogP contribution in [0.4, 0.5) is 4.79 Å². The van der Waals surface area contributed by atoms with E-state index in [0.717, 1.165) is 38.3 Å². The zero-order valence-electron chi connectivity index (χ0n) is 15.0. The highest BCUT2D eigenvalue weighted by Gasteiger charge is 2.53. The first kappa shape index (κ1) is 17.0. The van der Waals surface area contributed by atoms with Crippen LogP contribution in [0, 0.1) is 5.92 Å². The van der Waals surface area contributed by atoms with Crippen LogP contribution in [-0.2, 0) is 18.4 Å². The van der Waals surface area contributed by atoms with Gasteiger partial charge in [0, 0.05) is 37.9 Å². The molecule has 3 rings (SSSR count). The molecule has 0 bridgehead atoms. The maximum Gasteiger partial charge on any atom is 0.325 e. The molecule has 2 saturated heterocycles. The van der Waals surface area contributed by atoms with Crippen molar-refractivity contribution in [2.24, 2.45) is 13.0 Å². The number of imide groups is 1. The van der Waals surface area contributed by atoms with Gasteiger partial charge in [-0.3, -0.25) is 14.6 Å². The third-order valence-corrected chi connectivity index (χ3v) is 5.37. The zero-order chi connectivity index (χ0) is 17.5. The van der Waals surface area contributed by atoms with Gasteiger partial charge in [0.1, 0.15) is 11.4 Å². The lowest BCUT2D eigenvalue weighted by Crippen LogP contribution is -2.56. The molecule has 1 aromatic rings. The van der Waals surface area contributed by atoms with Gasteiger partial charge < -0.3 is 9.88 Å². The normalized spacial score (nSPS) is 28.7. The van der Waals surface area contributed by atoms with Crippen molar-refractivity contribution in [3.8, 4) is 0 Å². The molecule has 1 aromatic heterocycles. The largest absolute Gasteiger partial charge is 0.337 e. The predicted octanol–water partition coefficient (Wildman–Crippen LogP) is 1.35. The fourth-order valence-corrected chi connectivity index (χ4v) is 3.84. The third kappa shape index (κ3) is 2.81. The number of aromatic nitrogens is 2. The standard InChI is InChI=1S/C17H27N5O2/c1-12(2)22-15(23)17(3,19-16(22)24)13-6-5-8-21(10-13)11-14-18-7-9-20(14)4/h7,9,12-13H,5-6,8,10-11H2,1-4H3,(H,19,24)/t13-,17+/m1/s1. The average molecular weight is 333 g/mol. The van der Waals surface area contributed by atoms with Crippen molar-refractivity contribution in [3.05, 3.63) is 18.2 Å². The Morgan fingerprint density at radius 1 is 1.42 bits per heavy atom. The van der Waals surface area contributed by atoms with Crippen LogP contribution in [0.1, 0.15) is 39.4 Å². The molecule has 0 aliphatic carbocycles. The highest BCUT2D eigenvalue weighted by Crippen LogP contribution is 2.33. The van der Waals surface area contributed by atoms with E-state index in [1.165, 1.54) is 4.90 Å². The SMILES string of the molecule is CC(C)N1C(=O)N[C@@](C)([C@@H]2CCCN(Cc3nccn3C)C2)C1=O. The van der Waals surface area contributed by atoms with Crippen LogP contribution < -0.4 is 5.32 Å². The molecule has 3 heterocycles. The summed E-state index contributed by atoms with van der Waals surface area (Å²) < 4.78 is 2.02. The Kier molecular flexibility index (Phi) is 4.38. The Labute approximate surface area is 143 Å². The number of nitrogens with one attached hydrogen (secondary N) is 1. The van der Waals surface area contributed by atoms with Gasteiger partial charge in [0.2, 0.25) is 0 Å². The first-order valence-corrected chi connectivity index (χ1v) is 8.67. The summed E-state index contributed by atoms with van der Waals surface area (Å²) in [6.07, 6.45) is 5.72. The third-order valence-electron chi connectivity index (χ3n) is 5.37. The summed E-state index contributed by atoms with van der Waals surface area (Å²) in [6.45, 7) is 8.18. The van der Waals surface area contributed by atoms with Crippen LogP contribution in [0.5, 0.6) is 0 Å². The van der Waals surface area contributed by atoms with Crippen molar-refractivity contribution >= 4 is 11.9 Å². The van der Waals surface area contributed by atoms with E-state index in [9.17, 15) is 9.59 Å². The van der Waals surface area contributed by atoms with Gasteiger partial charge >= 0.3 is 6.03 Å². The molecule has 132 valence electrons. The molecule has 7 heteroatoms. The number of piperidine rings is 1. The number of imidazole rings is 1. The first-order valence-electron chi connectivity index (χ1n) is 8.67. The number of hydrogen-bond acceptors (Lipinski definition) is 4. The topological polar surface area (TPSA) is 70.5 Å². The fraction of sp³-hybridized carbons (Fsp3) is 0.706. The molecule has 7 nitrogen and oxygen atoms in total. The highest BCUT2D eigenvalue weighted by atomic mass is 16.2. The molecular weight excluding hydrogens is 306 g/mol. The maximum atomic E-state index is 12.9. The van der Waals surface area contributed by atoms with E-state index in [4.69, 9.17) is 0 Å². The molecule has 0 aromatic carbocycles. The minimum Gasteiger partial charge on any atom is -0.337 e. The Morgan fingerprint density at radius 3 is 2.75 bits per heavy atom. The maximum absolute atomic E-state index is 12.9. The van der Waals surface area contributed by atoms with Crippen LogP contribution in [0.2, 0.25) is 0 Å². The Balaban J connectivity index is 1.73. The van der Waals surface area contributed by atoms with Crippen molar-refractivity contribution in [1.29, 1.82) is 0 Å². The molecule has 2 aliphatic heterocycles. The van der Waals surface area contributed by atoms with Crippen molar-refractivity contribution < 1.29 is 9.59 Å². The summed E-state index contributed by atoms with van der Waals surface area (Å²) in [5, 5.41) is 2.96. The molecule has 0 unspecified atom stereocenters. The number of carbonyl (C=O) groups is 2. The van der Waals surface area contributed by atoms with Crippen LogP contribution in [0.15, 0.2) is 12.4 Å². The summed E-state index contributed by atoms with van der Waals surface area (Å²) in [6, 6.07) is -0.384. The van der Waals surface area contributed by atoms with Gasteiger partial charge in [-0.1, -0.05) is 0 Å². The first-order chi connectivity index (χ1) is 11.3. The lowest BCUT2D eigenvalue weighted by molar-refractivity contribution is -0.134. The molecule has 3 amide bonds. The second-order valence-corrected chi connectivity index (χ2v) is 7.43. The van der Waals surface area contributed by atoms with E-state index in [1.807, 2.05) is 38.6 Å². The number of amides is 3. The average Bonchev–Trinajstić information content (AvgIpc) is 3.02. The molecule has 0 saturated carbocycles. The quantitative estimate of drug-likeness (QED) is 0.845. The van der Waals surface area contributed by atoms with Crippen LogP contribution in [-0.4, -0.2) is 56.0 Å². The van der Waals surface area contributed by atoms with Gasteiger partial charge in [-0.2, -0.15) is 0 Å². The van der Waals surface area contributed by atoms with Crippen LogP contribution in [0.3, 0.4) is 0 Å². The predicted molar refractivity (Wildman–Crippen MR) is 90.1 cm³/mol. The van der Waals surface area contributed by atoms with Gasteiger partial charge in [0.05, 0.1) is 6.54 Å². The van der Waals surface area contributed by atoms with Gasteiger partial charge in [0.15, 0.2) is 0 Å². The van der Waals surface area contributed by atoms with E-state index in [0.29, 0.717) is 0 Å². The van der Waals surface area contributed by atoms with Crippen LogP contribution in [0.25, 0.3) is 0 Å². The second kappa shape index (κ2) is 6.20. The Hall–Kier alpha value is -1.89. The highest BCUT2D eigenvalue weighted by molar-refractivity contribution is 6.07. The lowest BCUT2D eigenvalue weighted by Gasteiger charge is -2.39. The van der Waals surface area contributed by atoms with Gasteiger partial charge in [-0.05, 0) is 40.2 Å². The van der Waals surface area contributed by atoms with Crippen molar-refractivity contribution in [3.63, 3.8) is 0 Å². The second-order valence-electron chi connectivity index (χ2n) is 7.43. The molecule has 2 atom stereocenters. The van der Waals surface area contributed by atoms with E-state index in [-0.39, 0.29) is 23.9 Å². The number of likely N-dealkylation sites (tertiary alicyclic amines) is 1. The minimum atomic E-state index is -0.804. The van der Waals surface area contributed by atoms with Gasteiger partial charge in [0.25, 0.3) is 5.91 Å². The summed E-state index contributed by atoms with van der Waals surface area (Å²) in [5.41, 5.74) is -0.804. The smallest absolute Gasteiger partial charge is 0.325 e. The van der Waals surface area contributed by atoms with E-state index in [2.05, 4.69) is 15.2 Å². The van der Waals surface area contributed by atoms with E-state index < -0.39 is 5.54 Å². The van der Waals surface area contributed by atoms with Crippen molar-refractivity contribution in [1.82, 2.24) is 24.7 Å². The molecule has 2 fully saturated rings. The summed E-state index contributed by atoms with van der Waals surface area (Å²) in [4.78, 5) is 33.2. The summed E-state index contributed by atoms with van der Waals surface area (Å²) in [7, 11) is 1.99. The van der Waals surface area contributed by atoms with Crippen LogP contribution >= 0.6 is 0 Å². The molecule has 0 spiro atoms. The molecular formula is C17H27N5O2. The Bertz CT molecular complexity index is 641. The summed E-state index contributed by atoms with van der Waals surface area (Å²) >= 11 is 0. The van der Waals surface area contributed by atoms with Crippen molar-refractivity contribution in [2.45, 2.75) is 51.7 Å². The monoisotopic (exact) mass is 333 g/mol. The van der Waals surface area contributed by atoms with Gasteiger partial charge in [-0.25, -0.2) is 9.78 Å². The summed E-state index contributed by atoms with van der Waals surface area (Å²) in [5.74, 6) is 1.05. The van der Waals surface area contributed by atoms with E-state index in [1.54, 1.807) is 6.20 Å². The number of aryl methyl sites for hydroxylation is 1. The van der Waals surface area contributed by atoms with Crippen molar-refractivity contribution in [2.75, 3.05) is 13.1 Å². The lowest BCUT2D eigenvalue weighted by atomic mass is 9.80. The Morgan fingerprint density at radius 2 is 2.17 bits per heavy atom. The molecule has 24 heavy (non-hydrogen) atoms. The molecule has 0 radical (unpaired) electrons. The van der Waals surface area contributed by atoms with Gasteiger partial charge in [-0.15, -0.1) is 0 Å². The minimum absolute atomic E-state index is 0.0914. The number of hydrogen-bond donors (Lipinski definition) is 1. The number of urea groups is 1. The number of carbonyl (C=O) groups excluding carboxylic acids is 2. The number of rotatable bonds is 4. The molecule has 1 N–H and O–H groups in total. The molecule has 2 aliphatic rings. The number of nitrogens with zero attached hydrogens (tertiary/aromatic N) is 4.